The van der Waals surface area contributed by atoms with Crippen LogP contribution in [0.5, 0.6) is 0 Å². The van der Waals surface area contributed by atoms with Gasteiger partial charge < -0.3 is 5.32 Å². The summed E-state index contributed by atoms with van der Waals surface area (Å²) >= 11 is 0. The Hall–Kier alpha value is -1.82. The second kappa shape index (κ2) is 8.72. The van der Waals surface area contributed by atoms with E-state index in [4.69, 9.17) is 0 Å². The molecule has 5 nitrogen and oxygen atoms in total. The van der Waals surface area contributed by atoms with Crippen LogP contribution in [0, 0.1) is 0 Å². The zero-order valence-electron chi connectivity index (χ0n) is 13.6. The summed E-state index contributed by atoms with van der Waals surface area (Å²) in [5.74, 6) is 0. The molecule has 0 amide bonds. The highest BCUT2D eigenvalue weighted by molar-refractivity contribution is 5.04. The van der Waals surface area contributed by atoms with Gasteiger partial charge in [0.2, 0.25) is 0 Å². The van der Waals surface area contributed by atoms with Gasteiger partial charge in [-0.25, -0.2) is 0 Å². The molecule has 1 aliphatic heterocycles. The van der Waals surface area contributed by atoms with Gasteiger partial charge in [-0.15, -0.1) is 0 Å². The SMILES string of the molecule is c1ccc(CN2CCNCCN(Cc3ccccn3)CC2)nc1. The predicted molar refractivity (Wildman–Crippen MR) is 91.9 cm³/mol. The number of nitrogens with zero attached hydrogens (tertiary/aromatic N) is 4. The summed E-state index contributed by atoms with van der Waals surface area (Å²) in [7, 11) is 0. The van der Waals surface area contributed by atoms with E-state index in [9.17, 15) is 0 Å². The van der Waals surface area contributed by atoms with Crippen LogP contribution in [0.15, 0.2) is 48.8 Å². The van der Waals surface area contributed by atoms with E-state index in [0.29, 0.717) is 0 Å². The predicted octanol–water partition coefficient (Wildman–Crippen LogP) is 1.38. The minimum Gasteiger partial charge on any atom is -0.314 e. The first kappa shape index (κ1) is 16.1. The second-order valence-corrected chi connectivity index (χ2v) is 5.94. The first-order valence-electron chi connectivity index (χ1n) is 8.35. The highest BCUT2D eigenvalue weighted by Gasteiger charge is 2.13. The van der Waals surface area contributed by atoms with Crippen molar-refractivity contribution in [2.45, 2.75) is 13.1 Å². The lowest BCUT2D eigenvalue weighted by Gasteiger charge is -2.25. The molecule has 0 atom stereocenters. The van der Waals surface area contributed by atoms with E-state index in [1.54, 1.807) is 0 Å². The van der Waals surface area contributed by atoms with Crippen molar-refractivity contribution < 1.29 is 0 Å². The molecular weight excluding hydrogens is 286 g/mol. The molecule has 0 spiro atoms. The maximum absolute atomic E-state index is 4.45. The van der Waals surface area contributed by atoms with Crippen LogP contribution < -0.4 is 5.32 Å². The van der Waals surface area contributed by atoms with Gasteiger partial charge in [-0.3, -0.25) is 19.8 Å². The Morgan fingerprint density at radius 2 is 1.26 bits per heavy atom. The van der Waals surface area contributed by atoms with Crippen LogP contribution in [0.2, 0.25) is 0 Å². The molecule has 0 aromatic carbocycles. The van der Waals surface area contributed by atoms with E-state index in [0.717, 1.165) is 63.7 Å². The summed E-state index contributed by atoms with van der Waals surface area (Å²) in [5, 5.41) is 3.53. The van der Waals surface area contributed by atoms with Crippen molar-refractivity contribution in [2.24, 2.45) is 0 Å². The summed E-state index contributed by atoms with van der Waals surface area (Å²) in [6, 6.07) is 12.3. The molecule has 0 aliphatic carbocycles. The molecule has 1 N–H and O–H groups in total. The van der Waals surface area contributed by atoms with Crippen LogP contribution in [0.4, 0.5) is 0 Å². The van der Waals surface area contributed by atoms with Gasteiger partial charge in [0.15, 0.2) is 0 Å². The lowest BCUT2D eigenvalue weighted by molar-refractivity contribution is 0.207. The fourth-order valence-corrected chi connectivity index (χ4v) is 2.86. The van der Waals surface area contributed by atoms with Crippen LogP contribution >= 0.6 is 0 Å². The van der Waals surface area contributed by atoms with Gasteiger partial charge in [-0.05, 0) is 24.3 Å². The molecule has 1 saturated heterocycles. The maximum atomic E-state index is 4.45. The fraction of sp³-hybridized carbons (Fsp3) is 0.444. The molecule has 5 heteroatoms. The lowest BCUT2D eigenvalue weighted by atomic mass is 10.3. The number of hydrogen-bond donors (Lipinski definition) is 1. The lowest BCUT2D eigenvalue weighted by Crippen LogP contribution is -2.35. The van der Waals surface area contributed by atoms with Crippen molar-refractivity contribution in [3.63, 3.8) is 0 Å². The number of aromatic nitrogens is 2. The Morgan fingerprint density at radius 1 is 0.739 bits per heavy atom. The highest BCUT2D eigenvalue weighted by Crippen LogP contribution is 2.05. The number of hydrogen-bond acceptors (Lipinski definition) is 5. The van der Waals surface area contributed by atoms with Crippen molar-refractivity contribution >= 4 is 0 Å². The van der Waals surface area contributed by atoms with E-state index < -0.39 is 0 Å². The molecule has 2 aromatic heterocycles. The van der Waals surface area contributed by atoms with Gasteiger partial charge in [-0.1, -0.05) is 12.1 Å². The summed E-state index contributed by atoms with van der Waals surface area (Å²) in [5.41, 5.74) is 2.28. The Labute approximate surface area is 138 Å². The number of nitrogens with one attached hydrogen (secondary N) is 1. The summed E-state index contributed by atoms with van der Waals surface area (Å²) in [4.78, 5) is 13.9. The van der Waals surface area contributed by atoms with Crippen molar-refractivity contribution in [3.8, 4) is 0 Å². The molecule has 3 rings (SSSR count). The number of pyridine rings is 2. The third-order valence-corrected chi connectivity index (χ3v) is 4.17. The minimum atomic E-state index is 0.917. The molecule has 23 heavy (non-hydrogen) atoms. The van der Waals surface area contributed by atoms with Crippen LogP contribution in [0.3, 0.4) is 0 Å². The van der Waals surface area contributed by atoms with E-state index in [1.165, 1.54) is 0 Å². The summed E-state index contributed by atoms with van der Waals surface area (Å²) in [6.07, 6.45) is 3.74. The average molecular weight is 311 g/mol. The Kier molecular flexibility index (Phi) is 6.09. The smallest absolute Gasteiger partial charge is 0.0543 e. The monoisotopic (exact) mass is 311 g/mol. The van der Waals surface area contributed by atoms with E-state index in [-0.39, 0.29) is 0 Å². The van der Waals surface area contributed by atoms with Crippen LogP contribution in [-0.2, 0) is 13.1 Å². The third-order valence-electron chi connectivity index (χ3n) is 4.17. The van der Waals surface area contributed by atoms with Gasteiger partial charge in [0, 0.05) is 64.8 Å². The largest absolute Gasteiger partial charge is 0.314 e. The van der Waals surface area contributed by atoms with Crippen LogP contribution in [-0.4, -0.2) is 59.0 Å². The summed E-state index contributed by atoms with van der Waals surface area (Å²) < 4.78 is 0. The average Bonchev–Trinajstić information content (AvgIpc) is 2.70. The van der Waals surface area contributed by atoms with E-state index in [2.05, 4.69) is 49.4 Å². The minimum absolute atomic E-state index is 0.917. The van der Waals surface area contributed by atoms with Crippen molar-refractivity contribution in [1.82, 2.24) is 25.1 Å². The van der Waals surface area contributed by atoms with Crippen molar-refractivity contribution in [2.75, 3.05) is 39.3 Å². The van der Waals surface area contributed by atoms with Crippen LogP contribution in [0.25, 0.3) is 0 Å². The van der Waals surface area contributed by atoms with Gasteiger partial charge >= 0.3 is 0 Å². The topological polar surface area (TPSA) is 44.3 Å². The quantitative estimate of drug-likeness (QED) is 0.924. The summed E-state index contributed by atoms with van der Waals surface area (Å²) in [6.45, 7) is 8.15. The molecule has 1 aliphatic rings. The zero-order valence-corrected chi connectivity index (χ0v) is 13.6. The third kappa shape index (κ3) is 5.39. The second-order valence-electron chi connectivity index (χ2n) is 5.94. The molecule has 0 unspecified atom stereocenters. The van der Waals surface area contributed by atoms with Crippen molar-refractivity contribution in [1.29, 1.82) is 0 Å². The molecule has 0 bridgehead atoms. The van der Waals surface area contributed by atoms with E-state index >= 15 is 0 Å². The molecule has 1 fully saturated rings. The standard InChI is InChI=1S/C18H25N5/c1-3-7-20-17(5-1)15-22-11-9-19-10-12-23(14-13-22)16-18-6-2-4-8-21-18/h1-8,19H,9-16H2. The molecule has 0 saturated carbocycles. The number of rotatable bonds is 4. The molecule has 0 radical (unpaired) electrons. The Morgan fingerprint density at radius 3 is 1.70 bits per heavy atom. The van der Waals surface area contributed by atoms with Gasteiger partial charge in [0.25, 0.3) is 0 Å². The first-order chi connectivity index (χ1) is 11.4. The normalized spacial score (nSPS) is 18.1. The first-order valence-corrected chi connectivity index (χ1v) is 8.35. The molecule has 2 aromatic rings. The van der Waals surface area contributed by atoms with Gasteiger partial charge in [-0.2, -0.15) is 0 Å². The van der Waals surface area contributed by atoms with Gasteiger partial charge in [0.1, 0.15) is 0 Å². The maximum Gasteiger partial charge on any atom is 0.0543 e. The fourth-order valence-electron chi connectivity index (χ4n) is 2.86. The molecule has 122 valence electrons. The highest BCUT2D eigenvalue weighted by atomic mass is 15.2. The Balaban J connectivity index is 1.57. The Bertz CT molecular complexity index is 509. The van der Waals surface area contributed by atoms with E-state index in [1.807, 2.05) is 24.5 Å². The van der Waals surface area contributed by atoms with Gasteiger partial charge in [0.05, 0.1) is 11.4 Å². The zero-order chi connectivity index (χ0) is 15.7. The molecule has 3 heterocycles. The molecular formula is C18H25N5. The van der Waals surface area contributed by atoms with Crippen LogP contribution in [0.1, 0.15) is 11.4 Å². The van der Waals surface area contributed by atoms with Crippen molar-refractivity contribution in [3.05, 3.63) is 60.2 Å².